The minimum Gasteiger partial charge on any atom is -0.320 e. The normalized spacial score (nSPS) is 10.9. The topological polar surface area (TPSA) is 51.1 Å². The summed E-state index contributed by atoms with van der Waals surface area (Å²) in [6.45, 7) is 8.24. The van der Waals surface area contributed by atoms with Gasteiger partial charge in [0.2, 0.25) is 0 Å². The number of aryl methyl sites for hydroxylation is 3. The number of benzene rings is 2. The van der Waals surface area contributed by atoms with Gasteiger partial charge in [-0.05, 0) is 56.8 Å². The van der Waals surface area contributed by atoms with Crippen LogP contribution in [0.1, 0.15) is 34.1 Å². The van der Waals surface area contributed by atoms with Crippen molar-refractivity contribution in [1.82, 2.24) is 4.57 Å². The van der Waals surface area contributed by atoms with Gasteiger partial charge in [-0.1, -0.05) is 35.4 Å². The number of pyridine rings is 1. The van der Waals surface area contributed by atoms with Gasteiger partial charge in [0, 0.05) is 17.6 Å². The van der Waals surface area contributed by atoms with Gasteiger partial charge in [0.15, 0.2) is 0 Å². The zero-order valence-corrected chi connectivity index (χ0v) is 15.0. The lowest BCUT2D eigenvalue weighted by molar-refractivity contribution is 0.101. The number of nitrogens with one attached hydrogen (secondary N) is 1. The van der Waals surface area contributed by atoms with Crippen LogP contribution in [0.2, 0.25) is 0 Å². The molecule has 3 aromatic rings. The molecule has 4 heteroatoms. The standard InChI is InChI=1S/C21H22N2O2/c1-5-23-19(12-16-8-6-14(3)11-17(16)21(23)25)20(24)22-18-9-7-13(2)10-15(18)4/h6-12H,5H2,1-4H3,(H,22,24). The SMILES string of the molecule is CCn1c(C(=O)Nc2ccc(C)cc2C)cc2ccc(C)cc2c1=O. The van der Waals surface area contributed by atoms with E-state index in [9.17, 15) is 9.59 Å². The molecule has 0 aliphatic carbocycles. The summed E-state index contributed by atoms with van der Waals surface area (Å²) < 4.78 is 1.53. The largest absolute Gasteiger partial charge is 0.320 e. The average Bonchev–Trinajstić information content (AvgIpc) is 2.57. The number of fused-ring (bicyclic) bond motifs is 1. The monoisotopic (exact) mass is 334 g/mol. The van der Waals surface area contributed by atoms with Crippen molar-refractivity contribution in [2.24, 2.45) is 0 Å². The maximum Gasteiger partial charge on any atom is 0.272 e. The molecule has 1 heterocycles. The van der Waals surface area contributed by atoms with Crippen LogP contribution in [0.5, 0.6) is 0 Å². The van der Waals surface area contributed by atoms with Crippen molar-refractivity contribution in [2.45, 2.75) is 34.2 Å². The van der Waals surface area contributed by atoms with Crippen molar-refractivity contribution in [2.75, 3.05) is 5.32 Å². The molecule has 0 aliphatic rings. The van der Waals surface area contributed by atoms with Crippen LogP contribution in [0.15, 0.2) is 47.3 Å². The van der Waals surface area contributed by atoms with Crippen LogP contribution in [0.4, 0.5) is 5.69 Å². The molecule has 25 heavy (non-hydrogen) atoms. The first-order chi connectivity index (χ1) is 11.9. The third-order valence-electron chi connectivity index (χ3n) is 4.45. The van der Waals surface area contributed by atoms with Crippen LogP contribution in [0.3, 0.4) is 0 Å². The summed E-state index contributed by atoms with van der Waals surface area (Å²) in [6.07, 6.45) is 0. The lowest BCUT2D eigenvalue weighted by Crippen LogP contribution is -2.28. The Labute approximate surface area is 147 Å². The van der Waals surface area contributed by atoms with Gasteiger partial charge >= 0.3 is 0 Å². The number of anilines is 1. The first-order valence-corrected chi connectivity index (χ1v) is 8.43. The third kappa shape index (κ3) is 3.20. The Morgan fingerprint density at radius 1 is 1.00 bits per heavy atom. The third-order valence-corrected chi connectivity index (χ3v) is 4.45. The molecule has 0 spiro atoms. The van der Waals surface area contributed by atoms with Crippen molar-refractivity contribution in [1.29, 1.82) is 0 Å². The van der Waals surface area contributed by atoms with Crippen LogP contribution < -0.4 is 10.9 Å². The minimum absolute atomic E-state index is 0.130. The fourth-order valence-corrected chi connectivity index (χ4v) is 3.10. The van der Waals surface area contributed by atoms with Gasteiger partial charge in [0.1, 0.15) is 5.69 Å². The van der Waals surface area contributed by atoms with E-state index in [2.05, 4.69) is 5.32 Å². The first-order valence-electron chi connectivity index (χ1n) is 8.43. The molecule has 0 unspecified atom stereocenters. The summed E-state index contributed by atoms with van der Waals surface area (Å²) in [6, 6.07) is 13.4. The molecular weight excluding hydrogens is 312 g/mol. The Balaban J connectivity index is 2.09. The number of nitrogens with zero attached hydrogens (tertiary/aromatic N) is 1. The molecule has 1 aromatic heterocycles. The second-order valence-corrected chi connectivity index (χ2v) is 6.44. The lowest BCUT2D eigenvalue weighted by Gasteiger charge is -2.14. The van der Waals surface area contributed by atoms with Gasteiger partial charge in [0.25, 0.3) is 11.5 Å². The van der Waals surface area contributed by atoms with Crippen LogP contribution >= 0.6 is 0 Å². The molecule has 0 aliphatic heterocycles. The number of carbonyl (C=O) groups excluding carboxylic acids is 1. The predicted molar refractivity (Wildman–Crippen MR) is 102 cm³/mol. The second kappa shape index (κ2) is 6.55. The fraction of sp³-hybridized carbons (Fsp3) is 0.238. The zero-order chi connectivity index (χ0) is 18.1. The average molecular weight is 334 g/mol. The molecule has 1 amide bonds. The summed E-state index contributed by atoms with van der Waals surface area (Å²) in [5.41, 5.74) is 4.17. The van der Waals surface area contributed by atoms with Crippen molar-refractivity contribution >= 4 is 22.4 Å². The van der Waals surface area contributed by atoms with Crippen molar-refractivity contribution < 1.29 is 4.79 Å². The summed E-state index contributed by atoms with van der Waals surface area (Å²) >= 11 is 0. The molecule has 0 atom stereocenters. The summed E-state index contributed by atoms with van der Waals surface area (Å²) in [4.78, 5) is 25.6. The Morgan fingerprint density at radius 3 is 2.36 bits per heavy atom. The molecule has 0 saturated heterocycles. The van der Waals surface area contributed by atoms with Gasteiger partial charge in [-0.3, -0.25) is 9.59 Å². The van der Waals surface area contributed by atoms with Crippen LogP contribution in [0.25, 0.3) is 10.8 Å². The van der Waals surface area contributed by atoms with E-state index in [1.807, 2.05) is 64.1 Å². The summed E-state index contributed by atoms with van der Waals surface area (Å²) in [5.74, 6) is -0.270. The van der Waals surface area contributed by atoms with Crippen LogP contribution in [0, 0.1) is 20.8 Å². The molecular formula is C21H22N2O2. The van der Waals surface area contributed by atoms with E-state index in [1.54, 1.807) is 6.07 Å². The Kier molecular flexibility index (Phi) is 4.45. The number of carbonyl (C=O) groups is 1. The number of hydrogen-bond donors (Lipinski definition) is 1. The maximum absolute atomic E-state index is 12.8. The summed E-state index contributed by atoms with van der Waals surface area (Å²) in [7, 11) is 0. The van der Waals surface area contributed by atoms with E-state index in [-0.39, 0.29) is 11.5 Å². The van der Waals surface area contributed by atoms with E-state index in [1.165, 1.54) is 4.57 Å². The first kappa shape index (κ1) is 17.0. The molecule has 2 aromatic carbocycles. The van der Waals surface area contributed by atoms with E-state index >= 15 is 0 Å². The molecule has 4 nitrogen and oxygen atoms in total. The van der Waals surface area contributed by atoms with E-state index < -0.39 is 0 Å². The van der Waals surface area contributed by atoms with Crippen molar-refractivity contribution in [3.8, 4) is 0 Å². The quantitative estimate of drug-likeness (QED) is 0.780. The molecule has 3 rings (SSSR count). The molecule has 0 fully saturated rings. The Bertz CT molecular complexity index is 1030. The van der Waals surface area contributed by atoms with Gasteiger partial charge in [-0.15, -0.1) is 0 Å². The molecule has 1 N–H and O–H groups in total. The van der Waals surface area contributed by atoms with Gasteiger partial charge in [-0.25, -0.2) is 0 Å². The van der Waals surface area contributed by atoms with Crippen molar-refractivity contribution in [3.05, 3.63) is 75.2 Å². The van der Waals surface area contributed by atoms with E-state index in [0.717, 1.165) is 27.8 Å². The highest BCUT2D eigenvalue weighted by atomic mass is 16.2. The Hall–Kier alpha value is -2.88. The highest BCUT2D eigenvalue weighted by Gasteiger charge is 2.15. The number of aromatic nitrogens is 1. The number of amides is 1. The van der Waals surface area contributed by atoms with Crippen LogP contribution in [-0.4, -0.2) is 10.5 Å². The van der Waals surface area contributed by atoms with E-state index in [4.69, 9.17) is 0 Å². The smallest absolute Gasteiger partial charge is 0.272 e. The number of rotatable bonds is 3. The zero-order valence-electron chi connectivity index (χ0n) is 15.0. The lowest BCUT2D eigenvalue weighted by atomic mass is 10.1. The maximum atomic E-state index is 12.8. The fourth-order valence-electron chi connectivity index (χ4n) is 3.10. The predicted octanol–water partition coefficient (Wildman–Crippen LogP) is 4.20. The van der Waals surface area contributed by atoms with Gasteiger partial charge in [-0.2, -0.15) is 0 Å². The van der Waals surface area contributed by atoms with E-state index in [0.29, 0.717) is 17.6 Å². The minimum atomic E-state index is -0.270. The van der Waals surface area contributed by atoms with Crippen molar-refractivity contribution in [3.63, 3.8) is 0 Å². The molecule has 128 valence electrons. The number of hydrogen-bond acceptors (Lipinski definition) is 2. The molecule has 0 saturated carbocycles. The molecule has 0 radical (unpaired) electrons. The second-order valence-electron chi connectivity index (χ2n) is 6.44. The highest BCUT2D eigenvalue weighted by molar-refractivity contribution is 6.05. The highest BCUT2D eigenvalue weighted by Crippen LogP contribution is 2.19. The van der Waals surface area contributed by atoms with Gasteiger partial charge in [0.05, 0.1) is 0 Å². The molecule has 0 bridgehead atoms. The Morgan fingerprint density at radius 2 is 1.68 bits per heavy atom. The summed E-state index contributed by atoms with van der Waals surface area (Å²) in [5, 5.41) is 4.36. The van der Waals surface area contributed by atoms with Crippen LogP contribution in [-0.2, 0) is 6.54 Å². The van der Waals surface area contributed by atoms with Gasteiger partial charge < -0.3 is 9.88 Å².